The maximum Gasteiger partial charge on any atom is 0.346 e. The molecule has 5 nitrogen and oxygen atoms in total. The lowest BCUT2D eigenvalue weighted by Crippen LogP contribution is -2.18. The fraction of sp³-hybridized carbons (Fsp3) is 0.333. The van der Waals surface area contributed by atoms with Crippen molar-refractivity contribution in [2.24, 2.45) is 0 Å². The minimum Gasteiger partial charge on any atom is -0.374 e. The van der Waals surface area contributed by atoms with Crippen LogP contribution in [0.2, 0.25) is 0 Å². The van der Waals surface area contributed by atoms with Crippen LogP contribution >= 0.6 is 0 Å². The van der Waals surface area contributed by atoms with Crippen LogP contribution in [0.3, 0.4) is 0 Å². The van der Waals surface area contributed by atoms with Crippen LogP contribution in [0.25, 0.3) is 0 Å². The minimum atomic E-state index is -0.687. The first-order valence-electron chi connectivity index (χ1n) is 3.18. The molecular formula is C6H9N3O2. The van der Waals surface area contributed by atoms with Crippen LogP contribution in [0.1, 0.15) is 6.92 Å². The number of aliphatic hydroxyl groups is 1. The van der Waals surface area contributed by atoms with Crippen molar-refractivity contribution >= 4 is 5.82 Å². The van der Waals surface area contributed by atoms with E-state index in [-0.39, 0.29) is 0 Å². The number of hydrogen-bond acceptors (Lipinski definition) is 4. The van der Waals surface area contributed by atoms with Gasteiger partial charge in [0, 0.05) is 6.20 Å². The molecule has 0 fully saturated rings. The fourth-order valence-corrected chi connectivity index (χ4v) is 0.678. The lowest BCUT2D eigenvalue weighted by atomic mass is 10.5. The van der Waals surface area contributed by atoms with Crippen LogP contribution in [0.15, 0.2) is 17.1 Å². The second-order valence-corrected chi connectivity index (χ2v) is 2.11. The summed E-state index contributed by atoms with van der Waals surface area (Å²) in [6.45, 7) is 1.55. The van der Waals surface area contributed by atoms with Gasteiger partial charge in [0.1, 0.15) is 12.0 Å². The molecule has 0 spiro atoms. The third kappa shape index (κ3) is 2.38. The van der Waals surface area contributed by atoms with Crippen LogP contribution < -0.4 is 11.0 Å². The smallest absolute Gasteiger partial charge is 0.346 e. The predicted octanol–water partition coefficient (Wildman–Crippen LogP) is -0.480. The van der Waals surface area contributed by atoms with Gasteiger partial charge in [-0.05, 0) is 13.0 Å². The van der Waals surface area contributed by atoms with Gasteiger partial charge in [-0.2, -0.15) is 0 Å². The van der Waals surface area contributed by atoms with Gasteiger partial charge < -0.3 is 10.4 Å². The van der Waals surface area contributed by atoms with Gasteiger partial charge in [-0.25, -0.2) is 9.78 Å². The third-order valence-corrected chi connectivity index (χ3v) is 1.04. The summed E-state index contributed by atoms with van der Waals surface area (Å²) in [5, 5.41) is 11.4. The highest BCUT2D eigenvalue weighted by molar-refractivity contribution is 5.31. The topological polar surface area (TPSA) is 78.0 Å². The molecule has 5 heteroatoms. The molecule has 0 aromatic carbocycles. The molecule has 1 unspecified atom stereocenters. The van der Waals surface area contributed by atoms with E-state index in [2.05, 4.69) is 15.3 Å². The number of H-pyrrole nitrogens is 1. The number of aliphatic hydroxyl groups excluding tert-OH is 1. The van der Waals surface area contributed by atoms with Crippen molar-refractivity contribution < 1.29 is 5.11 Å². The Morgan fingerprint density at radius 3 is 3.09 bits per heavy atom. The zero-order valence-corrected chi connectivity index (χ0v) is 6.03. The standard InChI is InChI=1S/C6H9N3O2/c1-4(10)8-5-2-3-7-6(11)9-5/h2-4,10H,1H3,(H2,7,8,9,11). The van der Waals surface area contributed by atoms with Crippen molar-refractivity contribution in [2.75, 3.05) is 5.32 Å². The maximum atomic E-state index is 10.6. The number of anilines is 1. The van der Waals surface area contributed by atoms with E-state index in [1.807, 2.05) is 0 Å². The van der Waals surface area contributed by atoms with Gasteiger partial charge in [-0.1, -0.05) is 0 Å². The van der Waals surface area contributed by atoms with Crippen LogP contribution in [0.5, 0.6) is 0 Å². The summed E-state index contributed by atoms with van der Waals surface area (Å²) in [6.07, 6.45) is 0.678. The summed E-state index contributed by atoms with van der Waals surface area (Å²) in [5.41, 5.74) is -0.435. The number of hydrogen-bond donors (Lipinski definition) is 3. The van der Waals surface area contributed by atoms with E-state index in [1.54, 1.807) is 13.0 Å². The van der Waals surface area contributed by atoms with E-state index < -0.39 is 11.9 Å². The Balaban J connectivity index is 2.80. The summed E-state index contributed by atoms with van der Waals surface area (Å²) < 4.78 is 0. The summed E-state index contributed by atoms with van der Waals surface area (Å²) >= 11 is 0. The Morgan fingerprint density at radius 1 is 1.82 bits per heavy atom. The van der Waals surface area contributed by atoms with Crippen molar-refractivity contribution in [2.45, 2.75) is 13.2 Å². The largest absolute Gasteiger partial charge is 0.374 e. The first kappa shape index (κ1) is 7.74. The molecule has 3 N–H and O–H groups in total. The zero-order chi connectivity index (χ0) is 8.27. The Labute approximate surface area is 63.1 Å². The van der Waals surface area contributed by atoms with Gasteiger partial charge in [0.05, 0.1) is 0 Å². The summed E-state index contributed by atoms with van der Waals surface area (Å²) in [4.78, 5) is 16.4. The van der Waals surface area contributed by atoms with E-state index in [4.69, 9.17) is 5.11 Å². The van der Waals surface area contributed by atoms with Crippen molar-refractivity contribution in [3.8, 4) is 0 Å². The average Bonchev–Trinajstić information content (AvgIpc) is 1.85. The average molecular weight is 155 g/mol. The third-order valence-electron chi connectivity index (χ3n) is 1.04. The molecular weight excluding hydrogens is 146 g/mol. The maximum absolute atomic E-state index is 10.6. The molecule has 0 saturated heterocycles. The second kappa shape index (κ2) is 3.16. The first-order valence-corrected chi connectivity index (χ1v) is 3.18. The van der Waals surface area contributed by atoms with Crippen molar-refractivity contribution in [1.82, 2.24) is 9.97 Å². The van der Waals surface area contributed by atoms with Gasteiger partial charge in [-0.15, -0.1) is 0 Å². The SMILES string of the molecule is CC(O)Nc1ccnc(=O)[nH]1. The molecule has 0 saturated carbocycles. The van der Waals surface area contributed by atoms with Gasteiger partial charge in [0.15, 0.2) is 0 Å². The zero-order valence-electron chi connectivity index (χ0n) is 6.03. The number of nitrogens with one attached hydrogen (secondary N) is 2. The Bertz CT molecular complexity index is 281. The highest BCUT2D eigenvalue weighted by atomic mass is 16.3. The molecule has 60 valence electrons. The van der Waals surface area contributed by atoms with Crippen LogP contribution in [-0.2, 0) is 0 Å². The molecule has 0 amide bonds. The number of rotatable bonds is 2. The predicted molar refractivity (Wildman–Crippen MR) is 40.2 cm³/mol. The summed E-state index contributed by atoms with van der Waals surface area (Å²) in [7, 11) is 0. The molecule has 1 aromatic heterocycles. The molecule has 1 atom stereocenters. The molecule has 1 heterocycles. The Kier molecular flexibility index (Phi) is 2.22. The van der Waals surface area contributed by atoms with E-state index in [9.17, 15) is 4.79 Å². The van der Waals surface area contributed by atoms with Gasteiger partial charge >= 0.3 is 5.69 Å². The van der Waals surface area contributed by atoms with Gasteiger partial charge in [-0.3, -0.25) is 4.98 Å². The lowest BCUT2D eigenvalue weighted by Gasteiger charge is -2.06. The molecule has 0 radical (unpaired) electrons. The Morgan fingerprint density at radius 2 is 2.55 bits per heavy atom. The molecule has 0 aliphatic carbocycles. The summed E-state index contributed by atoms with van der Waals surface area (Å²) in [5.74, 6) is 0.458. The number of aromatic amines is 1. The monoisotopic (exact) mass is 155 g/mol. The summed E-state index contributed by atoms with van der Waals surface area (Å²) in [6, 6.07) is 1.56. The first-order chi connectivity index (χ1) is 5.18. The van der Waals surface area contributed by atoms with Crippen LogP contribution in [0, 0.1) is 0 Å². The van der Waals surface area contributed by atoms with Crippen LogP contribution in [-0.4, -0.2) is 21.3 Å². The molecule has 1 rings (SSSR count). The van der Waals surface area contributed by atoms with Gasteiger partial charge in [0.25, 0.3) is 0 Å². The fourth-order valence-electron chi connectivity index (χ4n) is 0.678. The number of aromatic nitrogens is 2. The van der Waals surface area contributed by atoms with Gasteiger partial charge in [0.2, 0.25) is 0 Å². The van der Waals surface area contributed by atoms with Crippen LogP contribution in [0.4, 0.5) is 5.82 Å². The highest BCUT2D eigenvalue weighted by Crippen LogP contribution is 1.96. The second-order valence-electron chi connectivity index (χ2n) is 2.11. The van der Waals surface area contributed by atoms with E-state index in [0.717, 1.165) is 0 Å². The van der Waals surface area contributed by atoms with E-state index >= 15 is 0 Å². The molecule has 0 bridgehead atoms. The number of nitrogens with zero attached hydrogens (tertiary/aromatic N) is 1. The molecule has 0 aliphatic rings. The molecule has 0 aliphatic heterocycles. The van der Waals surface area contributed by atoms with Crippen molar-refractivity contribution in [3.05, 3.63) is 22.7 Å². The van der Waals surface area contributed by atoms with E-state index in [0.29, 0.717) is 5.82 Å². The molecule has 1 aromatic rings. The van der Waals surface area contributed by atoms with Crippen molar-refractivity contribution in [3.63, 3.8) is 0 Å². The minimum absolute atomic E-state index is 0.435. The molecule has 11 heavy (non-hydrogen) atoms. The van der Waals surface area contributed by atoms with E-state index in [1.165, 1.54) is 6.20 Å². The van der Waals surface area contributed by atoms with Crippen molar-refractivity contribution in [1.29, 1.82) is 0 Å². The lowest BCUT2D eigenvalue weighted by molar-refractivity contribution is 0.224. The quantitative estimate of drug-likeness (QED) is 0.504. The highest BCUT2D eigenvalue weighted by Gasteiger charge is 1.95. The normalized spacial score (nSPS) is 12.5. The Hall–Kier alpha value is -1.36.